The molecule has 1 aliphatic heterocycles. The fourth-order valence-corrected chi connectivity index (χ4v) is 3.51. The molecule has 3 aromatic rings. The molecular weight excluding hydrogens is 324 g/mol. The molecule has 0 spiro atoms. The molecule has 0 atom stereocenters. The van der Waals surface area contributed by atoms with Crippen LogP contribution in [0.5, 0.6) is 0 Å². The van der Waals surface area contributed by atoms with Crippen LogP contribution in [0.25, 0.3) is 10.9 Å². The van der Waals surface area contributed by atoms with Gasteiger partial charge < -0.3 is 14.8 Å². The number of hydrogen-bond acceptors (Lipinski definition) is 3. The van der Waals surface area contributed by atoms with Gasteiger partial charge in [-0.3, -0.25) is 4.79 Å². The lowest BCUT2D eigenvalue weighted by Gasteiger charge is -2.36. The summed E-state index contributed by atoms with van der Waals surface area (Å²) in [5, 5.41) is 10.0. The first-order chi connectivity index (χ1) is 12.7. The molecule has 2 aromatic carbocycles. The number of amides is 1. The van der Waals surface area contributed by atoms with Crippen LogP contribution in [0.2, 0.25) is 0 Å². The maximum absolute atomic E-state index is 12.7. The molecular formula is C21H20N4O. The van der Waals surface area contributed by atoms with Crippen LogP contribution in [-0.4, -0.2) is 42.0 Å². The number of aromatic amines is 1. The Morgan fingerprint density at radius 1 is 1.04 bits per heavy atom. The summed E-state index contributed by atoms with van der Waals surface area (Å²) in [6.45, 7) is 3.07. The number of H-pyrrole nitrogens is 1. The Labute approximate surface area is 152 Å². The topological polar surface area (TPSA) is 63.1 Å². The summed E-state index contributed by atoms with van der Waals surface area (Å²) < 4.78 is 0. The highest BCUT2D eigenvalue weighted by Gasteiger charge is 2.22. The summed E-state index contributed by atoms with van der Waals surface area (Å²) in [4.78, 5) is 20.1. The number of fused-ring (bicyclic) bond motifs is 1. The van der Waals surface area contributed by atoms with Crippen molar-refractivity contribution in [2.45, 2.75) is 6.42 Å². The number of piperazine rings is 1. The van der Waals surface area contributed by atoms with Crippen molar-refractivity contribution >= 4 is 22.5 Å². The summed E-state index contributed by atoms with van der Waals surface area (Å²) in [6, 6.07) is 17.8. The van der Waals surface area contributed by atoms with Crippen LogP contribution in [-0.2, 0) is 11.2 Å². The zero-order chi connectivity index (χ0) is 17.9. The molecule has 1 saturated heterocycles. The van der Waals surface area contributed by atoms with Gasteiger partial charge >= 0.3 is 0 Å². The Morgan fingerprint density at radius 3 is 2.50 bits per heavy atom. The van der Waals surface area contributed by atoms with Crippen molar-refractivity contribution in [2.24, 2.45) is 0 Å². The number of para-hydroxylation sites is 1. The van der Waals surface area contributed by atoms with Gasteiger partial charge in [-0.15, -0.1) is 0 Å². The maximum Gasteiger partial charge on any atom is 0.227 e. The third-order valence-electron chi connectivity index (χ3n) is 5.01. The Balaban J connectivity index is 1.38. The van der Waals surface area contributed by atoms with Crippen molar-refractivity contribution in [1.29, 1.82) is 5.26 Å². The Kier molecular flexibility index (Phi) is 4.32. The molecule has 26 heavy (non-hydrogen) atoms. The molecule has 0 radical (unpaired) electrons. The molecule has 5 heteroatoms. The highest BCUT2D eigenvalue weighted by atomic mass is 16.2. The predicted octanol–water partition coefficient (Wildman–Crippen LogP) is 2.93. The molecule has 1 aromatic heterocycles. The van der Waals surface area contributed by atoms with Gasteiger partial charge in [0.2, 0.25) is 5.91 Å². The number of carbonyl (C=O) groups is 1. The second kappa shape index (κ2) is 6.93. The van der Waals surface area contributed by atoms with E-state index < -0.39 is 0 Å². The molecule has 5 nitrogen and oxygen atoms in total. The van der Waals surface area contributed by atoms with Gasteiger partial charge in [0.1, 0.15) is 0 Å². The van der Waals surface area contributed by atoms with Gasteiger partial charge in [-0.25, -0.2) is 0 Å². The Hall–Kier alpha value is -3.26. The standard InChI is InChI=1S/C21H20N4O/c22-14-16-5-7-18(8-6-16)24-9-11-25(12-10-24)21(26)13-17-15-23-20-4-2-1-3-19(17)20/h1-8,15,23H,9-13H2. The van der Waals surface area contributed by atoms with E-state index in [0.29, 0.717) is 12.0 Å². The Bertz CT molecular complexity index is 960. The van der Waals surface area contributed by atoms with Gasteiger partial charge in [-0.05, 0) is 35.9 Å². The van der Waals surface area contributed by atoms with Crippen molar-refractivity contribution in [3.63, 3.8) is 0 Å². The van der Waals surface area contributed by atoms with Crippen LogP contribution in [0.1, 0.15) is 11.1 Å². The van der Waals surface area contributed by atoms with E-state index in [1.807, 2.05) is 53.6 Å². The van der Waals surface area contributed by atoms with Crippen LogP contribution >= 0.6 is 0 Å². The van der Waals surface area contributed by atoms with Crippen molar-refractivity contribution in [1.82, 2.24) is 9.88 Å². The number of anilines is 1. The van der Waals surface area contributed by atoms with E-state index in [9.17, 15) is 4.79 Å². The first kappa shape index (κ1) is 16.2. The van der Waals surface area contributed by atoms with Crippen molar-refractivity contribution in [3.05, 3.63) is 65.9 Å². The van der Waals surface area contributed by atoms with Gasteiger partial charge in [0.15, 0.2) is 0 Å². The third kappa shape index (κ3) is 3.14. The fraction of sp³-hybridized carbons (Fsp3) is 0.238. The van der Waals surface area contributed by atoms with Gasteiger partial charge in [0.05, 0.1) is 18.1 Å². The van der Waals surface area contributed by atoms with E-state index in [2.05, 4.69) is 22.0 Å². The zero-order valence-corrected chi connectivity index (χ0v) is 14.5. The zero-order valence-electron chi connectivity index (χ0n) is 14.5. The molecule has 0 aliphatic carbocycles. The van der Waals surface area contributed by atoms with Crippen molar-refractivity contribution < 1.29 is 4.79 Å². The van der Waals surface area contributed by atoms with Crippen LogP contribution < -0.4 is 4.90 Å². The summed E-state index contributed by atoms with van der Waals surface area (Å²) in [6.07, 6.45) is 2.37. The number of nitrogens with zero attached hydrogens (tertiary/aromatic N) is 3. The van der Waals surface area contributed by atoms with E-state index >= 15 is 0 Å². The van der Waals surface area contributed by atoms with E-state index in [1.54, 1.807) is 0 Å². The molecule has 1 amide bonds. The summed E-state index contributed by atoms with van der Waals surface area (Å²) in [7, 11) is 0. The second-order valence-corrected chi connectivity index (χ2v) is 6.56. The lowest BCUT2D eigenvalue weighted by atomic mass is 10.1. The molecule has 0 bridgehead atoms. The van der Waals surface area contributed by atoms with Crippen molar-refractivity contribution in [2.75, 3.05) is 31.1 Å². The van der Waals surface area contributed by atoms with Crippen LogP contribution in [0, 0.1) is 11.3 Å². The van der Waals surface area contributed by atoms with Crippen LogP contribution in [0.15, 0.2) is 54.7 Å². The van der Waals surface area contributed by atoms with Crippen molar-refractivity contribution in [3.8, 4) is 6.07 Å². The molecule has 0 unspecified atom stereocenters. The molecule has 1 aliphatic rings. The molecule has 4 rings (SSSR count). The molecule has 1 fully saturated rings. The SMILES string of the molecule is N#Cc1ccc(N2CCN(C(=O)Cc3c[nH]c4ccccc34)CC2)cc1. The average molecular weight is 344 g/mol. The monoisotopic (exact) mass is 344 g/mol. The van der Waals surface area contributed by atoms with E-state index in [-0.39, 0.29) is 5.91 Å². The molecule has 2 heterocycles. The number of aromatic nitrogens is 1. The van der Waals surface area contributed by atoms with E-state index in [1.165, 1.54) is 0 Å². The lowest BCUT2D eigenvalue weighted by molar-refractivity contribution is -0.130. The number of benzene rings is 2. The van der Waals surface area contributed by atoms with Crippen LogP contribution in [0.4, 0.5) is 5.69 Å². The fourth-order valence-electron chi connectivity index (χ4n) is 3.51. The van der Waals surface area contributed by atoms with Gasteiger partial charge in [0.25, 0.3) is 0 Å². The largest absolute Gasteiger partial charge is 0.368 e. The summed E-state index contributed by atoms with van der Waals surface area (Å²) >= 11 is 0. The molecule has 130 valence electrons. The minimum Gasteiger partial charge on any atom is -0.368 e. The normalized spacial score (nSPS) is 14.4. The first-order valence-corrected chi connectivity index (χ1v) is 8.82. The molecule has 0 saturated carbocycles. The van der Waals surface area contributed by atoms with Crippen LogP contribution in [0.3, 0.4) is 0 Å². The number of nitrogens with one attached hydrogen (secondary N) is 1. The predicted molar refractivity (Wildman–Crippen MR) is 102 cm³/mol. The Morgan fingerprint density at radius 2 is 1.77 bits per heavy atom. The quantitative estimate of drug-likeness (QED) is 0.794. The second-order valence-electron chi connectivity index (χ2n) is 6.56. The van der Waals surface area contributed by atoms with E-state index in [0.717, 1.165) is 48.3 Å². The highest BCUT2D eigenvalue weighted by molar-refractivity contribution is 5.89. The van der Waals surface area contributed by atoms with E-state index in [4.69, 9.17) is 5.26 Å². The lowest BCUT2D eigenvalue weighted by Crippen LogP contribution is -2.49. The molecule has 1 N–H and O–H groups in total. The smallest absolute Gasteiger partial charge is 0.227 e. The summed E-state index contributed by atoms with van der Waals surface area (Å²) in [5.74, 6) is 0.175. The number of nitriles is 1. The minimum atomic E-state index is 0.175. The van der Waals surface area contributed by atoms with Gasteiger partial charge in [-0.2, -0.15) is 5.26 Å². The number of carbonyl (C=O) groups excluding carboxylic acids is 1. The summed E-state index contributed by atoms with van der Waals surface area (Å²) in [5.41, 5.74) is 3.90. The first-order valence-electron chi connectivity index (χ1n) is 8.82. The minimum absolute atomic E-state index is 0.175. The average Bonchev–Trinajstić information content (AvgIpc) is 3.11. The van der Waals surface area contributed by atoms with Gasteiger partial charge in [0, 0.05) is 49.0 Å². The maximum atomic E-state index is 12.7. The van der Waals surface area contributed by atoms with Gasteiger partial charge in [-0.1, -0.05) is 18.2 Å². The number of hydrogen-bond donors (Lipinski definition) is 1. The third-order valence-corrected chi connectivity index (χ3v) is 5.01. The highest BCUT2D eigenvalue weighted by Crippen LogP contribution is 2.20. The number of rotatable bonds is 3.